The van der Waals surface area contributed by atoms with Gasteiger partial charge in [-0.25, -0.2) is 4.39 Å². The summed E-state index contributed by atoms with van der Waals surface area (Å²) in [5.41, 5.74) is 2.41. The maximum absolute atomic E-state index is 13.9. The number of aromatic nitrogens is 2. The molecule has 0 N–H and O–H groups in total. The smallest absolute Gasteiger partial charge is 0.233 e. The van der Waals surface area contributed by atoms with Crippen LogP contribution in [0.4, 0.5) is 15.8 Å². The standard InChI is InChI=1S/C19H23FN4O2/c1-22-9-10-24(17-12-13(20)5-6-15(17)22)19(25)14-4-3-11-26-18(14)16-7-8-21-23(16)2/h5-8,12,14,18H,3-4,9-11H2,1-2H3/t14-,18-/m1/s1. The highest BCUT2D eigenvalue weighted by Gasteiger charge is 2.39. The van der Waals surface area contributed by atoms with E-state index in [-0.39, 0.29) is 23.7 Å². The topological polar surface area (TPSA) is 50.6 Å². The Bertz CT molecular complexity index is 822. The van der Waals surface area contributed by atoms with Crippen LogP contribution in [-0.4, -0.2) is 42.4 Å². The maximum Gasteiger partial charge on any atom is 0.233 e. The summed E-state index contributed by atoms with van der Waals surface area (Å²) in [5, 5.41) is 4.21. The number of carbonyl (C=O) groups excluding carboxylic acids is 1. The Labute approximate surface area is 152 Å². The molecule has 1 aromatic heterocycles. The van der Waals surface area contributed by atoms with Gasteiger partial charge in [0.25, 0.3) is 0 Å². The molecule has 7 heteroatoms. The number of benzene rings is 1. The molecular weight excluding hydrogens is 335 g/mol. The molecule has 26 heavy (non-hydrogen) atoms. The van der Waals surface area contributed by atoms with Crippen molar-refractivity contribution in [1.82, 2.24) is 9.78 Å². The first-order valence-electron chi connectivity index (χ1n) is 8.98. The van der Waals surface area contributed by atoms with Gasteiger partial charge in [-0.1, -0.05) is 0 Å². The van der Waals surface area contributed by atoms with E-state index in [2.05, 4.69) is 10.00 Å². The third-order valence-corrected chi connectivity index (χ3v) is 5.35. The first kappa shape index (κ1) is 17.0. The molecule has 4 rings (SSSR count). The van der Waals surface area contributed by atoms with Crippen molar-refractivity contribution >= 4 is 17.3 Å². The van der Waals surface area contributed by atoms with Gasteiger partial charge in [-0.3, -0.25) is 9.48 Å². The Kier molecular flexibility index (Phi) is 4.40. The van der Waals surface area contributed by atoms with Crippen molar-refractivity contribution in [2.24, 2.45) is 13.0 Å². The maximum atomic E-state index is 13.9. The lowest BCUT2D eigenvalue weighted by molar-refractivity contribution is -0.132. The van der Waals surface area contributed by atoms with E-state index in [0.29, 0.717) is 25.4 Å². The molecule has 1 aromatic carbocycles. The van der Waals surface area contributed by atoms with Crippen LogP contribution in [0.3, 0.4) is 0 Å². The molecular formula is C19H23FN4O2. The summed E-state index contributed by atoms with van der Waals surface area (Å²) >= 11 is 0. The predicted octanol–water partition coefficient (Wildman–Crippen LogP) is 2.51. The SMILES string of the molecule is CN1CCN(C(=O)[C@@H]2CCCO[C@H]2c2ccnn2C)c2cc(F)ccc21. The van der Waals surface area contributed by atoms with Crippen molar-refractivity contribution in [2.45, 2.75) is 18.9 Å². The summed E-state index contributed by atoms with van der Waals surface area (Å²) in [5.74, 6) is -0.630. The Morgan fingerprint density at radius 1 is 1.23 bits per heavy atom. The summed E-state index contributed by atoms with van der Waals surface area (Å²) in [6.45, 7) is 1.89. The lowest BCUT2D eigenvalue weighted by atomic mass is 9.90. The van der Waals surface area contributed by atoms with Gasteiger partial charge in [0.1, 0.15) is 11.9 Å². The number of rotatable bonds is 2. The second-order valence-corrected chi connectivity index (χ2v) is 6.96. The van der Waals surface area contributed by atoms with Crippen LogP contribution in [0.5, 0.6) is 0 Å². The fourth-order valence-corrected chi connectivity index (χ4v) is 3.94. The first-order chi connectivity index (χ1) is 12.6. The fraction of sp³-hybridized carbons (Fsp3) is 0.474. The molecule has 6 nitrogen and oxygen atoms in total. The van der Waals surface area contributed by atoms with E-state index < -0.39 is 0 Å². The van der Waals surface area contributed by atoms with E-state index in [0.717, 1.165) is 24.2 Å². The number of aryl methyl sites for hydroxylation is 1. The number of ether oxygens (including phenoxy) is 1. The Morgan fingerprint density at radius 2 is 2.08 bits per heavy atom. The second-order valence-electron chi connectivity index (χ2n) is 6.96. The van der Waals surface area contributed by atoms with Gasteiger partial charge in [-0.05, 0) is 37.1 Å². The van der Waals surface area contributed by atoms with Crippen LogP contribution in [0.25, 0.3) is 0 Å². The highest BCUT2D eigenvalue weighted by molar-refractivity contribution is 5.99. The number of hydrogen-bond acceptors (Lipinski definition) is 4. The molecule has 2 atom stereocenters. The first-order valence-corrected chi connectivity index (χ1v) is 8.98. The van der Waals surface area contributed by atoms with Crippen LogP contribution in [0.1, 0.15) is 24.6 Å². The molecule has 1 saturated heterocycles. The predicted molar refractivity (Wildman–Crippen MR) is 96.6 cm³/mol. The molecule has 0 spiro atoms. The van der Waals surface area contributed by atoms with Gasteiger partial charge in [0.2, 0.25) is 5.91 Å². The van der Waals surface area contributed by atoms with Gasteiger partial charge in [0.15, 0.2) is 0 Å². The van der Waals surface area contributed by atoms with Gasteiger partial charge >= 0.3 is 0 Å². The van der Waals surface area contributed by atoms with Crippen molar-refractivity contribution in [3.8, 4) is 0 Å². The lowest BCUT2D eigenvalue weighted by Gasteiger charge is -2.39. The molecule has 138 valence electrons. The highest BCUT2D eigenvalue weighted by Crippen LogP contribution is 2.39. The van der Waals surface area contributed by atoms with Crippen LogP contribution in [0, 0.1) is 11.7 Å². The Hall–Kier alpha value is -2.41. The van der Waals surface area contributed by atoms with Crippen molar-refractivity contribution in [1.29, 1.82) is 0 Å². The molecule has 0 bridgehead atoms. The largest absolute Gasteiger partial charge is 0.371 e. The van der Waals surface area contributed by atoms with Crippen LogP contribution >= 0.6 is 0 Å². The van der Waals surface area contributed by atoms with Gasteiger partial charge < -0.3 is 14.5 Å². The van der Waals surface area contributed by atoms with Gasteiger partial charge in [0, 0.05) is 40.0 Å². The fourth-order valence-electron chi connectivity index (χ4n) is 3.94. The summed E-state index contributed by atoms with van der Waals surface area (Å²) in [4.78, 5) is 17.2. The third-order valence-electron chi connectivity index (χ3n) is 5.35. The number of likely N-dealkylation sites (N-methyl/N-ethyl adjacent to an activating group) is 1. The van der Waals surface area contributed by atoms with Crippen LogP contribution < -0.4 is 9.80 Å². The van der Waals surface area contributed by atoms with Crippen LogP contribution in [0.2, 0.25) is 0 Å². The highest BCUT2D eigenvalue weighted by atomic mass is 19.1. The minimum atomic E-state index is -0.333. The molecule has 2 aromatic rings. The number of hydrogen-bond donors (Lipinski definition) is 0. The van der Waals surface area contributed by atoms with E-state index in [1.807, 2.05) is 20.2 Å². The normalized spacial score (nSPS) is 23.0. The Balaban J connectivity index is 1.67. The minimum absolute atomic E-state index is 0.00384. The molecule has 0 aliphatic carbocycles. The minimum Gasteiger partial charge on any atom is -0.371 e. The van der Waals surface area contributed by atoms with Crippen molar-refractivity contribution < 1.29 is 13.9 Å². The van der Waals surface area contributed by atoms with Crippen molar-refractivity contribution in [3.05, 3.63) is 42.0 Å². The van der Waals surface area contributed by atoms with E-state index in [1.165, 1.54) is 12.1 Å². The number of carbonyl (C=O) groups is 1. The van der Waals surface area contributed by atoms with E-state index in [4.69, 9.17) is 4.74 Å². The molecule has 2 aliphatic rings. The molecule has 1 fully saturated rings. The summed E-state index contributed by atoms with van der Waals surface area (Å²) < 4.78 is 21.6. The average molecular weight is 358 g/mol. The summed E-state index contributed by atoms with van der Waals surface area (Å²) in [6.07, 6.45) is 3.00. The number of anilines is 2. The molecule has 0 unspecified atom stereocenters. The van der Waals surface area contributed by atoms with Crippen LogP contribution in [-0.2, 0) is 16.6 Å². The van der Waals surface area contributed by atoms with Crippen molar-refractivity contribution in [2.75, 3.05) is 36.5 Å². The zero-order valence-electron chi connectivity index (χ0n) is 15.1. The number of halogens is 1. The van der Waals surface area contributed by atoms with E-state index >= 15 is 0 Å². The van der Waals surface area contributed by atoms with Gasteiger partial charge in [-0.2, -0.15) is 5.10 Å². The molecule has 3 heterocycles. The number of nitrogens with zero attached hydrogens (tertiary/aromatic N) is 4. The van der Waals surface area contributed by atoms with Crippen molar-refractivity contribution in [3.63, 3.8) is 0 Å². The quantitative estimate of drug-likeness (QED) is 0.828. The second kappa shape index (κ2) is 6.72. The molecule has 1 amide bonds. The summed E-state index contributed by atoms with van der Waals surface area (Å²) in [6, 6.07) is 6.52. The number of fused-ring (bicyclic) bond motifs is 1. The van der Waals surface area contributed by atoms with Gasteiger partial charge in [-0.15, -0.1) is 0 Å². The molecule has 0 saturated carbocycles. The van der Waals surface area contributed by atoms with E-state index in [9.17, 15) is 9.18 Å². The Morgan fingerprint density at radius 3 is 2.85 bits per heavy atom. The zero-order valence-corrected chi connectivity index (χ0v) is 15.1. The lowest BCUT2D eigenvalue weighted by Crippen LogP contribution is -2.47. The average Bonchev–Trinajstić information content (AvgIpc) is 3.07. The third kappa shape index (κ3) is 2.86. The molecule has 0 radical (unpaired) electrons. The van der Waals surface area contributed by atoms with Gasteiger partial charge in [0.05, 0.1) is 23.0 Å². The van der Waals surface area contributed by atoms with Crippen LogP contribution in [0.15, 0.2) is 30.5 Å². The monoisotopic (exact) mass is 358 g/mol. The van der Waals surface area contributed by atoms with E-state index in [1.54, 1.807) is 21.8 Å². The number of amides is 1. The molecule has 2 aliphatic heterocycles. The zero-order chi connectivity index (χ0) is 18.3. The summed E-state index contributed by atoms with van der Waals surface area (Å²) in [7, 11) is 3.82.